The molecular weight excluding hydrogens is 131 g/mol. The molecule has 0 aliphatic heterocycles. The zero-order valence-electron chi connectivity index (χ0n) is 5.21. The summed E-state index contributed by atoms with van der Waals surface area (Å²) in [5.74, 6) is 0. The smallest absolute Gasteiger partial charge is 0.140 e. The lowest BCUT2D eigenvalue weighted by atomic mass is 10.2. The molecule has 10 heavy (non-hydrogen) atoms. The molecule has 1 aromatic heterocycles. The van der Waals surface area contributed by atoms with Crippen molar-refractivity contribution >= 4 is 0 Å². The summed E-state index contributed by atoms with van der Waals surface area (Å²) in [5.41, 5.74) is 0.752. The van der Waals surface area contributed by atoms with Crippen LogP contribution in [0.4, 0.5) is 4.39 Å². The number of halogens is 1. The van der Waals surface area contributed by atoms with Gasteiger partial charge in [-0.3, -0.25) is 0 Å². The van der Waals surface area contributed by atoms with Crippen LogP contribution in [0.1, 0.15) is 11.3 Å². The van der Waals surface area contributed by atoms with Gasteiger partial charge in [-0.15, -0.1) is 0 Å². The molecule has 0 saturated heterocycles. The molecule has 1 heterocycles. The molecule has 0 N–H and O–H groups in total. The fourth-order valence-electron chi connectivity index (χ4n) is 0.619. The first kappa shape index (κ1) is 6.69. The number of pyridine rings is 1. The molecular formula is C7H5FN2. The summed E-state index contributed by atoms with van der Waals surface area (Å²) < 4.78 is 11.9. The monoisotopic (exact) mass is 136 g/mol. The van der Waals surface area contributed by atoms with Crippen LogP contribution in [0, 0.1) is 11.3 Å². The molecule has 0 aliphatic rings. The zero-order valence-corrected chi connectivity index (χ0v) is 5.21. The zero-order chi connectivity index (χ0) is 7.40. The Hall–Kier alpha value is -1.43. The molecule has 0 radical (unpaired) electrons. The number of hydrogen-bond acceptors (Lipinski definition) is 2. The van der Waals surface area contributed by atoms with E-state index in [1.54, 1.807) is 6.07 Å². The van der Waals surface area contributed by atoms with Gasteiger partial charge in [0.05, 0.1) is 0 Å². The van der Waals surface area contributed by atoms with Gasteiger partial charge in [-0.25, -0.2) is 9.37 Å². The first-order valence-corrected chi connectivity index (χ1v) is 2.78. The number of nitrogens with zero attached hydrogens (tertiary/aromatic N) is 2. The molecule has 0 atom stereocenters. The molecule has 0 unspecified atom stereocenters. The third kappa shape index (κ3) is 1.29. The predicted molar refractivity (Wildman–Crippen MR) is 33.8 cm³/mol. The van der Waals surface area contributed by atoms with Gasteiger partial charge in [-0.05, 0) is 17.7 Å². The summed E-state index contributed by atoms with van der Waals surface area (Å²) in [4.78, 5) is 3.68. The highest BCUT2D eigenvalue weighted by Crippen LogP contribution is 2.01. The minimum atomic E-state index is -0.544. The molecule has 3 heteroatoms. The molecule has 50 valence electrons. The van der Waals surface area contributed by atoms with Gasteiger partial charge < -0.3 is 0 Å². The van der Waals surface area contributed by atoms with Crippen LogP contribution in [-0.2, 0) is 6.67 Å². The van der Waals surface area contributed by atoms with Crippen molar-refractivity contribution in [2.75, 3.05) is 0 Å². The fourth-order valence-corrected chi connectivity index (χ4v) is 0.619. The van der Waals surface area contributed by atoms with E-state index in [-0.39, 0.29) is 5.69 Å². The second-order valence-electron chi connectivity index (χ2n) is 1.79. The molecule has 0 aliphatic carbocycles. The Bertz CT molecular complexity index is 265. The maximum Gasteiger partial charge on any atom is 0.140 e. The third-order valence-corrected chi connectivity index (χ3v) is 1.09. The highest BCUT2D eigenvalue weighted by molar-refractivity contribution is 5.24. The summed E-state index contributed by atoms with van der Waals surface area (Å²) in [6, 6.07) is 4.80. The van der Waals surface area contributed by atoms with Crippen LogP contribution in [-0.4, -0.2) is 4.98 Å². The lowest BCUT2D eigenvalue weighted by molar-refractivity contribution is 0.485. The maximum absolute atomic E-state index is 11.9. The number of aromatic nitrogens is 1. The third-order valence-electron chi connectivity index (χ3n) is 1.09. The van der Waals surface area contributed by atoms with Gasteiger partial charge >= 0.3 is 0 Å². The summed E-state index contributed by atoms with van der Waals surface area (Å²) in [6.45, 7) is -0.544. The van der Waals surface area contributed by atoms with Crippen molar-refractivity contribution in [3.8, 4) is 6.07 Å². The van der Waals surface area contributed by atoms with Crippen molar-refractivity contribution in [1.29, 1.82) is 5.26 Å². The van der Waals surface area contributed by atoms with Gasteiger partial charge in [0.15, 0.2) is 0 Å². The second kappa shape index (κ2) is 2.92. The summed E-state index contributed by atoms with van der Waals surface area (Å²) in [6.07, 6.45) is 1.42. The molecule has 0 aromatic carbocycles. The van der Waals surface area contributed by atoms with Crippen LogP contribution in [0.2, 0.25) is 0 Å². The average molecular weight is 136 g/mol. The fraction of sp³-hybridized carbons (Fsp3) is 0.143. The van der Waals surface area contributed by atoms with Gasteiger partial charge in [0.2, 0.25) is 0 Å². The molecule has 0 bridgehead atoms. The van der Waals surface area contributed by atoms with Gasteiger partial charge in [0, 0.05) is 6.20 Å². The molecule has 1 rings (SSSR count). The number of hydrogen-bond donors (Lipinski definition) is 0. The number of nitriles is 1. The lowest BCUT2D eigenvalue weighted by Crippen LogP contribution is -1.84. The molecule has 0 spiro atoms. The SMILES string of the molecule is N#Cc1cc(CF)ccn1. The normalized spacial score (nSPS) is 8.80. The maximum atomic E-state index is 11.9. The van der Waals surface area contributed by atoms with E-state index in [1.165, 1.54) is 12.3 Å². The first-order chi connectivity index (χ1) is 4.86. The lowest BCUT2D eigenvalue weighted by Gasteiger charge is -1.91. The van der Waals surface area contributed by atoms with Crippen LogP contribution in [0.25, 0.3) is 0 Å². The first-order valence-electron chi connectivity index (χ1n) is 2.78. The van der Waals surface area contributed by atoms with Crippen molar-refractivity contribution in [2.24, 2.45) is 0 Å². The van der Waals surface area contributed by atoms with E-state index in [9.17, 15) is 4.39 Å². The summed E-state index contributed by atoms with van der Waals surface area (Å²) >= 11 is 0. The topological polar surface area (TPSA) is 36.7 Å². The van der Waals surface area contributed by atoms with E-state index in [1.807, 2.05) is 6.07 Å². The quantitative estimate of drug-likeness (QED) is 0.585. The number of rotatable bonds is 1. The predicted octanol–water partition coefficient (Wildman–Crippen LogP) is 1.42. The molecule has 1 aromatic rings. The summed E-state index contributed by atoms with van der Waals surface area (Å²) in [5, 5.41) is 8.32. The standard InChI is InChI=1S/C7H5FN2/c8-4-6-1-2-10-7(3-6)5-9/h1-3H,4H2. The van der Waals surface area contributed by atoms with Crippen LogP contribution >= 0.6 is 0 Å². The Morgan fingerprint density at radius 1 is 1.70 bits per heavy atom. The minimum absolute atomic E-state index is 0.259. The highest BCUT2D eigenvalue weighted by atomic mass is 19.1. The van der Waals surface area contributed by atoms with Crippen LogP contribution in [0.5, 0.6) is 0 Å². The van der Waals surface area contributed by atoms with Crippen LogP contribution in [0.15, 0.2) is 18.3 Å². The van der Waals surface area contributed by atoms with Crippen molar-refractivity contribution in [3.05, 3.63) is 29.6 Å². The van der Waals surface area contributed by atoms with Crippen LogP contribution < -0.4 is 0 Å². The molecule has 2 nitrogen and oxygen atoms in total. The Kier molecular flexibility index (Phi) is 1.96. The van der Waals surface area contributed by atoms with E-state index >= 15 is 0 Å². The Morgan fingerprint density at radius 2 is 2.50 bits per heavy atom. The van der Waals surface area contributed by atoms with Crippen molar-refractivity contribution in [3.63, 3.8) is 0 Å². The average Bonchev–Trinajstić information content (AvgIpc) is 2.05. The van der Waals surface area contributed by atoms with Gasteiger partial charge in [-0.2, -0.15) is 5.26 Å². The number of alkyl halides is 1. The van der Waals surface area contributed by atoms with Gasteiger partial charge in [0.1, 0.15) is 18.4 Å². The molecule has 0 saturated carbocycles. The minimum Gasteiger partial charge on any atom is -0.246 e. The van der Waals surface area contributed by atoms with Crippen molar-refractivity contribution < 1.29 is 4.39 Å². The van der Waals surface area contributed by atoms with Gasteiger partial charge in [0.25, 0.3) is 0 Å². The van der Waals surface area contributed by atoms with E-state index in [2.05, 4.69) is 4.98 Å². The van der Waals surface area contributed by atoms with Gasteiger partial charge in [-0.1, -0.05) is 0 Å². The Balaban J connectivity index is 3.01. The van der Waals surface area contributed by atoms with E-state index in [4.69, 9.17) is 5.26 Å². The van der Waals surface area contributed by atoms with E-state index in [0.29, 0.717) is 5.56 Å². The Morgan fingerprint density at radius 3 is 3.10 bits per heavy atom. The van der Waals surface area contributed by atoms with Crippen LogP contribution in [0.3, 0.4) is 0 Å². The Labute approximate surface area is 57.9 Å². The van der Waals surface area contributed by atoms with Crippen molar-refractivity contribution in [2.45, 2.75) is 6.67 Å². The molecule has 0 amide bonds. The highest BCUT2D eigenvalue weighted by Gasteiger charge is 1.93. The second-order valence-corrected chi connectivity index (χ2v) is 1.79. The van der Waals surface area contributed by atoms with Crippen molar-refractivity contribution in [1.82, 2.24) is 4.98 Å². The van der Waals surface area contributed by atoms with E-state index < -0.39 is 6.67 Å². The van der Waals surface area contributed by atoms with E-state index in [0.717, 1.165) is 0 Å². The summed E-state index contributed by atoms with van der Waals surface area (Å²) in [7, 11) is 0. The molecule has 0 fully saturated rings. The largest absolute Gasteiger partial charge is 0.246 e.